The van der Waals surface area contributed by atoms with Gasteiger partial charge in [0.2, 0.25) is 10.0 Å². The summed E-state index contributed by atoms with van der Waals surface area (Å²) < 4.78 is 47.6. The standard InChI is InChI=1S/C16H18ClFN4O3S/c1-16(8-25-9-16)21-26(23,24)11-6-14(22(2)7-11)15(19)20-10-3-4-13(18)12(17)5-10/h3-7,21H,8-9H2,1-2H3,(H2,19,20). The number of aromatic nitrogens is 1. The van der Waals surface area contributed by atoms with Crippen molar-refractivity contribution < 1.29 is 17.5 Å². The molecule has 1 aliphatic heterocycles. The number of sulfonamides is 1. The van der Waals surface area contributed by atoms with Gasteiger partial charge in [0.05, 0.1) is 35.2 Å². The third-order valence-electron chi connectivity index (χ3n) is 3.93. The van der Waals surface area contributed by atoms with Crippen LogP contribution >= 0.6 is 11.6 Å². The molecule has 0 amide bonds. The van der Waals surface area contributed by atoms with Crippen molar-refractivity contribution in [3.63, 3.8) is 0 Å². The lowest BCUT2D eigenvalue weighted by atomic mass is 10.0. The summed E-state index contributed by atoms with van der Waals surface area (Å²) in [4.78, 5) is 4.24. The molecule has 1 fully saturated rings. The van der Waals surface area contributed by atoms with Crippen molar-refractivity contribution in [2.45, 2.75) is 17.4 Å². The van der Waals surface area contributed by atoms with Gasteiger partial charge in [-0.1, -0.05) is 11.6 Å². The van der Waals surface area contributed by atoms with Gasteiger partial charge >= 0.3 is 0 Å². The van der Waals surface area contributed by atoms with Crippen LogP contribution in [0.15, 0.2) is 40.4 Å². The van der Waals surface area contributed by atoms with Gasteiger partial charge in [-0.15, -0.1) is 0 Å². The number of ether oxygens (including phenoxy) is 1. The molecule has 2 aromatic rings. The number of amidine groups is 1. The number of rotatable bonds is 5. The van der Waals surface area contributed by atoms with Gasteiger partial charge in [0.15, 0.2) is 0 Å². The lowest BCUT2D eigenvalue weighted by Crippen LogP contribution is -2.59. The van der Waals surface area contributed by atoms with Gasteiger partial charge in [0.25, 0.3) is 0 Å². The molecule has 3 rings (SSSR count). The van der Waals surface area contributed by atoms with E-state index in [2.05, 4.69) is 9.71 Å². The van der Waals surface area contributed by atoms with Crippen molar-refractivity contribution in [3.05, 3.63) is 47.0 Å². The van der Waals surface area contributed by atoms with E-state index in [-0.39, 0.29) is 15.8 Å². The van der Waals surface area contributed by atoms with Crippen molar-refractivity contribution in [1.29, 1.82) is 0 Å². The predicted molar refractivity (Wildman–Crippen MR) is 96.8 cm³/mol. The molecule has 0 aliphatic carbocycles. The Bertz CT molecular complexity index is 983. The van der Waals surface area contributed by atoms with E-state index >= 15 is 0 Å². The maximum Gasteiger partial charge on any atom is 0.242 e. The van der Waals surface area contributed by atoms with E-state index in [1.807, 2.05) is 0 Å². The highest BCUT2D eigenvalue weighted by molar-refractivity contribution is 7.89. The molecule has 0 atom stereocenters. The Morgan fingerprint density at radius 1 is 1.42 bits per heavy atom. The zero-order valence-electron chi connectivity index (χ0n) is 14.2. The van der Waals surface area contributed by atoms with Crippen LogP contribution in [-0.2, 0) is 21.8 Å². The number of nitrogens with zero attached hydrogens (tertiary/aromatic N) is 2. The SMILES string of the molecule is Cn1cc(S(=O)(=O)NC2(C)COC2)cc1C(N)=Nc1ccc(F)c(Cl)c1. The summed E-state index contributed by atoms with van der Waals surface area (Å²) in [7, 11) is -2.08. The van der Waals surface area contributed by atoms with Gasteiger partial charge in [-0.05, 0) is 31.2 Å². The van der Waals surface area contributed by atoms with E-state index < -0.39 is 21.4 Å². The molecule has 26 heavy (non-hydrogen) atoms. The molecule has 7 nitrogen and oxygen atoms in total. The van der Waals surface area contributed by atoms with Gasteiger partial charge in [-0.25, -0.2) is 22.5 Å². The van der Waals surface area contributed by atoms with Crippen molar-refractivity contribution in [1.82, 2.24) is 9.29 Å². The van der Waals surface area contributed by atoms with Crippen molar-refractivity contribution >= 4 is 33.1 Å². The molecular weight excluding hydrogens is 383 g/mol. The monoisotopic (exact) mass is 400 g/mol. The summed E-state index contributed by atoms with van der Waals surface area (Å²) in [5.74, 6) is -0.481. The van der Waals surface area contributed by atoms with E-state index in [4.69, 9.17) is 22.1 Å². The third kappa shape index (κ3) is 3.75. The van der Waals surface area contributed by atoms with E-state index in [0.29, 0.717) is 24.6 Å². The number of halogens is 2. The molecule has 3 N–H and O–H groups in total. The van der Waals surface area contributed by atoms with Crippen LogP contribution in [0.1, 0.15) is 12.6 Å². The predicted octanol–water partition coefficient (Wildman–Crippen LogP) is 1.92. The second kappa shape index (κ2) is 6.66. The summed E-state index contributed by atoms with van der Waals surface area (Å²) >= 11 is 5.73. The van der Waals surface area contributed by atoms with Crippen LogP contribution in [0.25, 0.3) is 0 Å². The Hall–Kier alpha value is -1.94. The fraction of sp³-hybridized carbons (Fsp3) is 0.312. The second-order valence-electron chi connectivity index (χ2n) is 6.43. The molecule has 0 unspecified atom stereocenters. The van der Waals surface area contributed by atoms with E-state index in [1.54, 1.807) is 18.5 Å². The molecule has 10 heteroatoms. The Morgan fingerprint density at radius 2 is 2.12 bits per heavy atom. The Labute approximate surface area is 155 Å². The summed E-state index contributed by atoms with van der Waals surface area (Å²) in [6, 6.07) is 5.37. The fourth-order valence-electron chi connectivity index (χ4n) is 2.54. The summed E-state index contributed by atoms with van der Waals surface area (Å²) in [5, 5.41) is -0.0747. The molecule has 0 saturated carbocycles. The summed E-state index contributed by atoms with van der Waals surface area (Å²) in [5.41, 5.74) is 6.14. The molecular formula is C16H18ClFN4O3S. The summed E-state index contributed by atoms with van der Waals surface area (Å²) in [6.45, 7) is 2.41. The van der Waals surface area contributed by atoms with Crippen LogP contribution in [0.5, 0.6) is 0 Å². The lowest BCUT2D eigenvalue weighted by Gasteiger charge is -2.38. The molecule has 0 radical (unpaired) electrons. The van der Waals surface area contributed by atoms with Gasteiger partial charge in [0, 0.05) is 13.2 Å². The first-order valence-electron chi connectivity index (χ1n) is 7.67. The molecule has 1 aliphatic rings. The topological polar surface area (TPSA) is 98.7 Å². The van der Waals surface area contributed by atoms with Crippen LogP contribution in [0, 0.1) is 5.82 Å². The minimum atomic E-state index is -3.73. The molecule has 1 saturated heterocycles. The average Bonchev–Trinajstić information content (AvgIpc) is 2.92. The highest BCUT2D eigenvalue weighted by Gasteiger charge is 2.38. The molecule has 2 heterocycles. The molecule has 140 valence electrons. The molecule has 0 spiro atoms. The van der Waals surface area contributed by atoms with E-state index in [1.165, 1.54) is 30.5 Å². The third-order valence-corrected chi connectivity index (χ3v) is 5.82. The first-order valence-corrected chi connectivity index (χ1v) is 9.53. The van der Waals surface area contributed by atoms with Crippen LogP contribution < -0.4 is 10.5 Å². The van der Waals surface area contributed by atoms with E-state index in [0.717, 1.165) is 0 Å². The van der Waals surface area contributed by atoms with Crippen LogP contribution in [-0.4, -0.2) is 37.6 Å². The van der Waals surface area contributed by atoms with Crippen molar-refractivity contribution in [3.8, 4) is 0 Å². The first kappa shape index (κ1) is 18.8. The molecule has 1 aromatic heterocycles. The molecule has 0 bridgehead atoms. The second-order valence-corrected chi connectivity index (χ2v) is 8.52. The minimum absolute atomic E-state index is 0.0680. The fourth-order valence-corrected chi connectivity index (χ4v) is 4.16. The zero-order valence-corrected chi connectivity index (χ0v) is 15.7. The largest absolute Gasteiger partial charge is 0.382 e. The summed E-state index contributed by atoms with van der Waals surface area (Å²) in [6.07, 6.45) is 1.45. The van der Waals surface area contributed by atoms with Crippen molar-refractivity contribution in [2.75, 3.05) is 13.2 Å². The zero-order chi connectivity index (χ0) is 19.1. The highest BCUT2D eigenvalue weighted by Crippen LogP contribution is 2.24. The number of nitrogens with one attached hydrogen (secondary N) is 1. The molecule has 1 aromatic carbocycles. The quantitative estimate of drug-likeness (QED) is 0.591. The number of benzene rings is 1. The lowest BCUT2D eigenvalue weighted by molar-refractivity contribution is -0.0523. The number of hydrogen-bond acceptors (Lipinski definition) is 4. The number of aryl methyl sites for hydroxylation is 1. The van der Waals surface area contributed by atoms with Gasteiger partial charge < -0.3 is 15.0 Å². The van der Waals surface area contributed by atoms with Gasteiger partial charge in [0.1, 0.15) is 16.5 Å². The normalized spacial score (nSPS) is 17.2. The Balaban J connectivity index is 1.89. The van der Waals surface area contributed by atoms with Crippen LogP contribution in [0.3, 0.4) is 0 Å². The minimum Gasteiger partial charge on any atom is -0.382 e. The maximum absolute atomic E-state index is 13.2. The van der Waals surface area contributed by atoms with E-state index in [9.17, 15) is 12.8 Å². The highest BCUT2D eigenvalue weighted by atomic mass is 35.5. The van der Waals surface area contributed by atoms with Crippen molar-refractivity contribution in [2.24, 2.45) is 17.8 Å². The maximum atomic E-state index is 13.2. The number of hydrogen-bond donors (Lipinski definition) is 2. The Kier molecular flexibility index (Phi) is 4.82. The van der Waals surface area contributed by atoms with Crippen LogP contribution in [0.4, 0.5) is 10.1 Å². The Morgan fingerprint density at radius 3 is 2.69 bits per heavy atom. The van der Waals surface area contributed by atoms with Crippen LogP contribution in [0.2, 0.25) is 5.02 Å². The number of nitrogens with two attached hydrogens (primary N) is 1. The van der Waals surface area contributed by atoms with Gasteiger partial charge in [-0.3, -0.25) is 0 Å². The smallest absolute Gasteiger partial charge is 0.242 e. The first-order chi connectivity index (χ1) is 12.1. The van der Waals surface area contributed by atoms with Gasteiger partial charge in [-0.2, -0.15) is 0 Å². The average molecular weight is 401 g/mol. The number of aliphatic imine (C=N–C) groups is 1.